The average molecular weight is 540 g/mol. The van der Waals surface area contributed by atoms with Gasteiger partial charge >= 0.3 is 12.3 Å². The van der Waals surface area contributed by atoms with Crippen molar-refractivity contribution in [2.24, 2.45) is 4.99 Å². The number of halogens is 3. The number of carboxylic acids is 1. The number of carbonyl (C=O) groups excluding carboxylic acids is 1. The quantitative estimate of drug-likeness (QED) is 0.558. The van der Waals surface area contributed by atoms with Crippen LogP contribution in [0, 0.1) is 6.92 Å². The van der Waals surface area contributed by atoms with E-state index in [2.05, 4.69) is 15.0 Å². The molecule has 2 aromatic carbocycles. The largest absolute Gasteiger partial charge is 0.573 e. The van der Waals surface area contributed by atoms with Gasteiger partial charge in [0, 0.05) is 18.7 Å². The van der Waals surface area contributed by atoms with Crippen LogP contribution in [0.2, 0.25) is 0 Å². The van der Waals surface area contributed by atoms with E-state index < -0.39 is 39.6 Å². The number of benzene rings is 2. The topological polar surface area (TPSA) is 125 Å². The molecule has 1 spiro atoms. The number of piperidine rings is 1. The molecule has 0 radical (unpaired) electrons. The predicted molar refractivity (Wildman–Crippen MR) is 127 cm³/mol. The van der Waals surface area contributed by atoms with Crippen LogP contribution >= 0.6 is 0 Å². The van der Waals surface area contributed by atoms with Gasteiger partial charge in [-0.05, 0) is 61.6 Å². The van der Waals surface area contributed by atoms with Crippen LogP contribution in [0.4, 0.5) is 13.2 Å². The SMILES string of the molecule is Cc1ccc(C(=O)O)cc1CCS(=O)(=O)N1CCC2(CC1)N=C(c1cccc(OC(F)(F)F)c1)NC2=O. The summed E-state index contributed by atoms with van der Waals surface area (Å²) >= 11 is 0. The van der Waals surface area contributed by atoms with E-state index >= 15 is 0 Å². The molecule has 4 rings (SSSR count). The van der Waals surface area contributed by atoms with Crippen molar-refractivity contribution in [2.45, 2.75) is 38.1 Å². The van der Waals surface area contributed by atoms with Crippen molar-refractivity contribution in [3.05, 3.63) is 64.7 Å². The first-order valence-electron chi connectivity index (χ1n) is 11.4. The van der Waals surface area contributed by atoms with Crippen LogP contribution in [-0.4, -0.2) is 66.3 Å². The number of aromatic carboxylic acids is 1. The molecule has 0 aromatic heterocycles. The molecule has 2 aliphatic rings. The minimum atomic E-state index is -4.86. The lowest BCUT2D eigenvalue weighted by Crippen LogP contribution is -2.50. The highest BCUT2D eigenvalue weighted by Gasteiger charge is 2.47. The number of carbonyl (C=O) groups is 2. The Balaban J connectivity index is 1.43. The third-order valence-corrected chi connectivity index (χ3v) is 8.36. The van der Waals surface area contributed by atoms with Crippen molar-refractivity contribution in [3.8, 4) is 5.75 Å². The minimum Gasteiger partial charge on any atom is -0.478 e. The first-order valence-corrected chi connectivity index (χ1v) is 13.0. The molecule has 0 unspecified atom stereocenters. The minimum absolute atomic E-state index is 0.0396. The molecule has 0 bridgehead atoms. The van der Waals surface area contributed by atoms with Crippen LogP contribution in [0.1, 0.15) is 39.9 Å². The molecular formula is C24H24F3N3O6S. The summed E-state index contributed by atoms with van der Waals surface area (Å²) in [4.78, 5) is 28.5. The van der Waals surface area contributed by atoms with Gasteiger partial charge in [-0.3, -0.25) is 9.79 Å². The van der Waals surface area contributed by atoms with Crippen molar-refractivity contribution in [2.75, 3.05) is 18.8 Å². The zero-order valence-corrected chi connectivity index (χ0v) is 20.5. The fourth-order valence-corrected chi connectivity index (χ4v) is 5.88. The summed E-state index contributed by atoms with van der Waals surface area (Å²) in [6.07, 6.45) is -4.52. The van der Waals surface area contributed by atoms with E-state index in [1.54, 1.807) is 13.0 Å². The average Bonchev–Trinajstić information content (AvgIpc) is 3.13. The number of ether oxygens (including phenoxy) is 1. The summed E-state index contributed by atoms with van der Waals surface area (Å²) in [6.45, 7) is 1.85. The molecule has 1 saturated heterocycles. The second-order valence-electron chi connectivity index (χ2n) is 8.93. The molecule has 2 N–H and O–H groups in total. The van der Waals surface area contributed by atoms with E-state index in [1.165, 1.54) is 28.6 Å². The number of hydrogen-bond donors (Lipinski definition) is 2. The zero-order valence-electron chi connectivity index (χ0n) is 19.7. The molecule has 2 heterocycles. The number of aryl methyl sites for hydroxylation is 2. The molecule has 37 heavy (non-hydrogen) atoms. The van der Waals surface area contributed by atoms with Crippen LogP contribution in [0.25, 0.3) is 0 Å². The van der Waals surface area contributed by atoms with E-state index in [0.29, 0.717) is 5.56 Å². The van der Waals surface area contributed by atoms with Crippen LogP contribution in [0.15, 0.2) is 47.5 Å². The second-order valence-corrected chi connectivity index (χ2v) is 11.0. The van der Waals surface area contributed by atoms with Gasteiger partial charge in [-0.15, -0.1) is 13.2 Å². The van der Waals surface area contributed by atoms with Gasteiger partial charge in [-0.25, -0.2) is 17.5 Å². The molecule has 2 aliphatic heterocycles. The Hall–Kier alpha value is -3.45. The summed E-state index contributed by atoms with van der Waals surface area (Å²) < 4.78 is 68.8. The van der Waals surface area contributed by atoms with E-state index in [4.69, 9.17) is 0 Å². The van der Waals surface area contributed by atoms with E-state index in [-0.39, 0.29) is 55.1 Å². The summed E-state index contributed by atoms with van der Waals surface area (Å²) in [5, 5.41) is 11.8. The van der Waals surface area contributed by atoms with Crippen LogP contribution in [0.3, 0.4) is 0 Å². The van der Waals surface area contributed by atoms with E-state index in [1.807, 2.05) is 0 Å². The first-order chi connectivity index (χ1) is 17.3. The van der Waals surface area contributed by atoms with E-state index in [0.717, 1.165) is 17.7 Å². The fourth-order valence-electron chi connectivity index (χ4n) is 4.41. The number of hydrogen-bond acceptors (Lipinski definition) is 6. The lowest BCUT2D eigenvalue weighted by molar-refractivity contribution is -0.274. The van der Waals surface area contributed by atoms with Gasteiger partial charge in [0.15, 0.2) is 0 Å². The highest BCUT2D eigenvalue weighted by molar-refractivity contribution is 7.89. The number of rotatable bonds is 7. The summed E-state index contributed by atoms with van der Waals surface area (Å²) in [6, 6.07) is 9.64. The Kier molecular flexibility index (Phi) is 7.04. The first kappa shape index (κ1) is 26.6. The second kappa shape index (κ2) is 9.78. The Morgan fingerprint density at radius 1 is 1.19 bits per heavy atom. The molecule has 1 fully saturated rings. The summed E-state index contributed by atoms with van der Waals surface area (Å²) in [7, 11) is -3.70. The third kappa shape index (κ3) is 5.93. The highest BCUT2D eigenvalue weighted by Crippen LogP contribution is 2.33. The number of carboxylic acid groups (broad SMARTS) is 1. The van der Waals surface area contributed by atoms with Crippen molar-refractivity contribution in [1.29, 1.82) is 0 Å². The summed E-state index contributed by atoms with van der Waals surface area (Å²) in [5.41, 5.74) is 0.509. The number of aliphatic imine (C=N–C) groups is 1. The molecule has 13 heteroatoms. The Morgan fingerprint density at radius 2 is 1.89 bits per heavy atom. The maximum atomic E-state index is 13.0. The smallest absolute Gasteiger partial charge is 0.478 e. The molecule has 0 saturated carbocycles. The molecule has 1 amide bonds. The third-order valence-electron chi connectivity index (χ3n) is 6.49. The molecule has 0 aliphatic carbocycles. The van der Waals surface area contributed by atoms with Crippen LogP contribution < -0.4 is 10.1 Å². The molecule has 9 nitrogen and oxygen atoms in total. The van der Waals surface area contributed by atoms with Crippen molar-refractivity contribution in [3.63, 3.8) is 0 Å². The number of amidine groups is 1. The molecule has 0 atom stereocenters. The van der Waals surface area contributed by atoms with Gasteiger partial charge < -0.3 is 15.2 Å². The van der Waals surface area contributed by atoms with Crippen LogP contribution in [-0.2, 0) is 21.2 Å². The Bertz CT molecular complexity index is 1370. The molecule has 2 aromatic rings. The van der Waals surface area contributed by atoms with Gasteiger partial charge in [0.1, 0.15) is 17.1 Å². The van der Waals surface area contributed by atoms with Gasteiger partial charge in [-0.2, -0.15) is 0 Å². The number of nitrogens with one attached hydrogen (secondary N) is 1. The number of amides is 1. The highest BCUT2D eigenvalue weighted by atomic mass is 32.2. The zero-order chi connectivity index (χ0) is 27.0. The molecular weight excluding hydrogens is 515 g/mol. The van der Waals surface area contributed by atoms with Gasteiger partial charge in [0.25, 0.3) is 5.91 Å². The summed E-state index contributed by atoms with van der Waals surface area (Å²) in [5.74, 6) is -2.12. The number of nitrogens with zero attached hydrogens (tertiary/aromatic N) is 2. The Labute approximate surface area is 211 Å². The fraction of sp³-hybridized carbons (Fsp3) is 0.375. The monoisotopic (exact) mass is 539 g/mol. The number of sulfonamides is 1. The van der Waals surface area contributed by atoms with Crippen molar-refractivity contribution < 1.29 is 41.0 Å². The van der Waals surface area contributed by atoms with Gasteiger partial charge in [0.2, 0.25) is 10.0 Å². The maximum absolute atomic E-state index is 13.0. The van der Waals surface area contributed by atoms with Crippen LogP contribution in [0.5, 0.6) is 5.75 Å². The van der Waals surface area contributed by atoms with Gasteiger partial charge in [-0.1, -0.05) is 18.2 Å². The predicted octanol–water partition coefficient (Wildman–Crippen LogP) is 2.88. The standard InChI is InChI=1S/C24H24F3N3O6S/c1-15-5-6-18(21(31)32)13-16(15)7-12-37(34,35)30-10-8-23(9-11-30)22(33)28-20(29-23)17-3-2-4-19(14-17)36-24(25,26)27/h2-6,13-14H,7-12H2,1H3,(H,31,32)(H,28,29,33). The van der Waals surface area contributed by atoms with Crippen molar-refractivity contribution in [1.82, 2.24) is 9.62 Å². The Morgan fingerprint density at radius 3 is 2.54 bits per heavy atom. The molecule has 198 valence electrons. The maximum Gasteiger partial charge on any atom is 0.573 e. The number of alkyl halides is 3. The normalized spacial score (nSPS) is 17.9. The lowest BCUT2D eigenvalue weighted by atomic mass is 9.89. The van der Waals surface area contributed by atoms with Crippen molar-refractivity contribution >= 4 is 27.7 Å². The lowest BCUT2D eigenvalue weighted by Gasteiger charge is -2.34. The van der Waals surface area contributed by atoms with E-state index in [9.17, 15) is 36.3 Å². The van der Waals surface area contributed by atoms with Gasteiger partial charge in [0.05, 0.1) is 11.3 Å².